The molecule has 1 aliphatic heterocycles. The molecule has 0 atom stereocenters. The van der Waals surface area contributed by atoms with Gasteiger partial charge in [-0.05, 0) is 11.6 Å². The number of aromatic nitrogens is 1. The van der Waals surface area contributed by atoms with Crippen molar-refractivity contribution < 1.29 is 9.13 Å². The monoisotopic (exact) mass is 248 g/mol. The fourth-order valence-corrected chi connectivity index (χ4v) is 2.63. The van der Waals surface area contributed by atoms with E-state index >= 15 is 0 Å². The van der Waals surface area contributed by atoms with E-state index < -0.39 is 0 Å². The van der Waals surface area contributed by atoms with Crippen LogP contribution in [0.2, 0.25) is 0 Å². The summed E-state index contributed by atoms with van der Waals surface area (Å²) in [7, 11) is 1.90. The fraction of sp³-hybridized carbons (Fsp3) is 0.429. The maximum absolute atomic E-state index is 13.8. The molecule has 0 unspecified atom stereocenters. The van der Waals surface area contributed by atoms with E-state index in [2.05, 4.69) is 4.90 Å². The molecule has 0 N–H and O–H groups in total. The van der Waals surface area contributed by atoms with Crippen molar-refractivity contribution in [3.05, 3.63) is 35.8 Å². The number of ether oxygens (including phenoxy) is 1. The average molecular weight is 248 g/mol. The van der Waals surface area contributed by atoms with Gasteiger partial charge >= 0.3 is 0 Å². The summed E-state index contributed by atoms with van der Waals surface area (Å²) in [5.41, 5.74) is 1.88. The van der Waals surface area contributed by atoms with Gasteiger partial charge in [0.05, 0.1) is 18.7 Å². The summed E-state index contributed by atoms with van der Waals surface area (Å²) in [5.74, 6) is -0.150. The molecule has 0 bridgehead atoms. The number of fused-ring (bicyclic) bond motifs is 1. The van der Waals surface area contributed by atoms with Crippen LogP contribution in [-0.4, -0.2) is 35.8 Å². The van der Waals surface area contributed by atoms with Gasteiger partial charge in [-0.1, -0.05) is 12.1 Å². The quantitative estimate of drug-likeness (QED) is 0.810. The molecule has 1 aromatic carbocycles. The molecule has 0 amide bonds. The number of rotatable bonds is 2. The van der Waals surface area contributed by atoms with Gasteiger partial charge in [-0.15, -0.1) is 0 Å². The molecule has 1 aliphatic rings. The smallest absolute Gasteiger partial charge is 0.147 e. The highest BCUT2D eigenvalue weighted by Gasteiger charge is 2.15. The second-order valence-electron chi connectivity index (χ2n) is 4.79. The van der Waals surface area contributed by atoms with E-state index in [-0.39, 0.29) is 5.82 Å². The second-order valence-corrected chi connectivity index (χ2v) is 4.79. The third kappa shape index (κ3) is 2.02. The molecule has 1 saturated heterocycles. The minimum atomic E-state index is -0.150. The summed E-state index contributed by atoms with van der Waals surface area (Å²) in [6, 6.07) is 5.29. The van der Waals surface area contributed by atoms with Crippen LogP contribution >= 0.6 is 0 Å². The first-order chi connectivity index (χ1) is 8.75. The van der Waals surface area contributed by atoms with Crippen LogP contribution in [0, 0.1) is 5.82 Å². The van der Waals surface area contributed by atoms with Crippen LogP contribution in [0.3, 0.4) is 0 Å². The van der Waals surface area contributed by atoms with Crippen LogP contribution < -0.4 is 0 Å². The number of hydrogen-bond donors (Lipinski definition) is 0. The molecule has 96 valence electrons. The minimum absolute atomic E-state index is 0.150. The van der Waals surface area contributed by atoms with Crippen molar-refractivity contribution in [2.75, 3.05) is 26.3 Å². The molecule has 0 spiro atoms. The van der Waals surface area contributed by atoms with Crippen molar-refractivity contribution >= 4 is 10.9 Å². The van der Waals surface area contributed by atoms with Gasteiger partial charge < -0.3 is 9.30 Å². The molecular weight excluding hydrogens is 231 g/mol. The van der Waals surface area contributed by atoms with Crippen molar-refractivity contribution in [3.8, 4) is 0 Å². The summed E-state index contributed by atoms with van der Waals surface area (Å²) < 4.78 is 21.0. The topological polar surface area (TPSA) is 17.4 Å². The van der Waals surface area contributed by atoms with E-state index in [4.69, 9.17) is 4.74 Å². The van der Waals surface area contributed by atoms with Crippen LogP contribution in [0.5, 0.6) is 0 Å². The van der Waals surface area contributed by atoms with Crippen molar-refractivity contribution in [3.63, 3.8) is 0 Å². The lowest BCUT2D eigenvalue weighted by atomic mass is 10.1. The molecule has 2 heterocycles. The Morgan fingerprint density at radius 3 is 2.83 bits per heavy atom. The molecule has 0 radical (unpaired) electrons. The Kier molecular flexibility index (Phi) is 3.06. The zero-order chi connectivity index (χ0) is 12.5. The number of nitrogens with zero attached hydrogens (tertiary/aromatic N) is 2. The summed E-state index contributed by atoms with van der Waals surface area (Å²) in [6.45, 7) is 4.35. The predicted octanol–water partition coefficient (Wildman–Crippen LogP) is 2.15. The Hall–Kier alpha value is -1.39. The zero-order valence-electron chi connectivity index (χ0n) is 10.5. The number of hydrogen-bond acceptors (Lipinski definition) is 2. The van der Waals surface area contributed by atoms with Gasteiger partial charge in [0, 0.05) is 38.3 Å². The minimum Gasteiger partial charge on any atom is -0.379 e. The molecule has 1 aromatic heterocycles. The average Bonchev–Trinajstić information content (AvgIpc) is 2.69. The van der Waals surface area contributed by atoms with Crippen molar-refractivity contribution in [2.24, 2.45) is 7.05 Å². The zero-order valence-corrected chi connectivity index (χ0v) is 10.5. The second kappa shape index (κ2) is 4.71. The summed E-state index contributed by atoms with van der Waals surface area (Å²) in [4.78, 5) is 2.35. The van der Waals surface area contributed by atoms with Crippen LogP contribution in [0.15, 0.2) is 24.4 Å². The van der Waals surface area contributed by atoms with Gasteiger partial charge in [0.25, 0.3) is 0 Å². The Balaban J connectivity index is 1.94. The van der Waals surface area contributed by atoms with E-state index in [1.165, 1.54) is 11.6 Å². The Morgan fingerprint density at radius 1 is 1.28 bits per heavy atom. The summed E-state index contributed by atoms with van der Waals surface area (Å²) >= 11 is 0. The van der Waals surface area contributed by atoms with Crippen molar-refractivity contribution in [2.45, 2.75) is 6.54 Å². The summed E-state index contributed by atoms with van der Waals surface area (Å²) in [6.07, 6.45) is 2.03. The van der Waals surface area contributed by atoms with Gasteiger partial charge in [-0.3, -0.25) is 4.90 Å². The largest absolute Gasteiger partial charge is 0.379 e. The number of para-hydroxylation sites is 1. The highest BCUT2D eigenvalue weighted by Crippen LogP contribution is 2.24. The van der Waals surface area contributed by atoms with Gasteiger partial charge in [0.2, 0.25) is 0 Å². The molecule has 18 heavy (non-hydrogen) atoms. The molecule has 2 aromatic rings. The summed E-state index contributed by atoms with van der Waals surface area (Å²) in [5, 5.41) is 1.02. The maximum Gasteiger partial charge on any atom is 0.147 e. The SMILES string of the molecule is Cn1cc(CN2CCOCC2)c2cccc(F)c21. The lowest BCUT2D eigenvalue weighted by Crippen LogP contribution is -2.35. The standard InChI is InChI=1S/C14H17FN2O/c1-16-9-11(10-17-5-7-18-8-6-17)12-3-2-4-13(15)14(12)16/h2-4,9H,5-8,10H2,1H3. The van der Waals surface area contributed by atoms with Crippen LogP contribution in [-0.2, 0) is 18.3 Å². The molecule has 1 fully saturated rings. The predicted molar refractivity (Wildman–Crippen MR) is 69.0 cm³/mol. The Labute approximate surface area is 106 Å². The van der Waals surface area contributed by atoms with Gasteiger partial charge in [-0.2, -0.15) is 0 Å². The third-order valence-corrected chi connectivity index (χ3v) is 3.53. The van der Waals surface area contributed by atoms with Crippen LogP contribution in [0.25, 0.3) is 10.9 Å². The highest BCUT2D eigenvalue weighted by atomic mass is 19.1. The van der Waals surface area contributed by atoms with Gasteiger partial charge in [-0.25, -0.2) is 4.39 Å². The normalized spacial score (nSPS) is 17.4. The van der Waals surface area contributed by atoms with Gasteiger partial charge in [0.15, 0.2) is 0 Å². The van der Waals surface area contributed by atoms with E-state index in [1.807, 2.05) is 23.9 Å². The van der Waals surface area contributed by atoms with E-state index in [1.54, 1.807) is 6.07 Å². The molecule has 0 aliphatic carbocycles. The fourth-order valence-electron chi connectivity index (χ4n) is 2.63. The number of morpholine rings is 1. The number of benzene rings is 1. The highest BCUT2D eigenvalue weighted by molar-refractivity contribution is 5.84. The molecule has 0 saturated carbocycles. The molecule has 3 nitrogen and oxygen atoms in total. The maximum atomic E-state index is 13.8. The Morgan fingerprint density at radius 2 is 2.06 bits per heavy atom. The number of halogens is 1. The van der Waals surface area contributed by atoms with E-state index in [0.717, 1.165) is 38.2 Å². The molecular formula is C14H17FN2O. The van der Waals surface area contributed by atoms with Crippen LogP contribution in [0.1, 0.15) is 5.56 Å². The van der Waals surface area contributed by atoms with Gasteiger partial charge in [0.1, 0.15) is 5.82 Å². The first kappa shape index (κ1) is 11.7. The first-order valence-corrected chi connectivity index (χ1v) is 6.28. The van der Waals surface area contributed by atoms with E-state index in [0.29, 0.717) is 5.52 Å². The lowest BCUT2D eigenvalue weighted by molar-refractivity contribution is 0.0343. The van der Waals surface area contributed by atoms with Crippen LogP contribution in [0.4, 0.5) is 4.39 Å². The lowest BCUT2D eigenvalue weighted by Gasteiger charge is -2.26. The molecule has 3 rings (SSSR count). The van der Waals surface area contributed by atoms with E-state index in [9.17, 15) is 4.39 Å². The van der Waals surface area contributed by atoms with Crippen molar-refractivity contribution in [1.29, 1.82) is 0 Å². The molecule has 4 heteroatoms. The first-order valence-electron chi connectivity index (χ1n) is 6.28. The third-order valence-electron chi connectivity index (χ3n) is 3.53. The Bertz CT molecular complexity index is 558. The number of aryl methyl sites for hydroxylation is 1. The van der Waals surface area contributed by atoms with Crippen molar-refractivity contribution in [1.82, 2.24) is 9.47 Å².